The van der Waals surface area contributed by atoms with Crippen molar-refractivity contribution in [3.8, 4) is 17.2 Å². The van der Waals surface area contributed by atoms with Gasteiger partial charge in [0.25, 0.3) is 0 Å². The van der Waals surface area contributed by atoms with Gasteiger partial charge in [0.15, 0.2) is 11.5 Å². The predicted octanol–water partition coefficient (Wildman–Crippen LogP) is 1.36. The van der Waals surface area contributed by atoms with Crippen LogP contribution in [-0.4, -0.2) is 26.9 Å². The summed E-state index contributed by atoms with van der Waals surface area (Å²) in [5.41, 5.74) is 6.61. The molecule has 0 amide bonds. The number of fused-ring (bicyclic) bond motifs is 1. The molecule has 1 aliphatic rings. The van der Waals surface area contributed by atoms with E-state index in [1.807, 2.05) is 12.1 Å². The van der Waals surface area contributed by atoms with Crippen LogP contribution in [0, 0.1) is 0 Å². The fraction of sp³-hybridized carbons (Fsp3) is 0.500. The van der Waals surface area contributed by atoms with Crippen molar-refractivity contribution >= 4 is 0 Å². The van der Waals surface area contributed by atoms with Crippen molar-refractivity contribution in [3.63, 3.8) is 0 Å². The third-order valence-corrected chi connectivity index (χ3v) is 2.59. The highest BCUT2D eigenvalue weighted by Crippen LogP contribution is 2.39. The lowest BCUT2D eigenvalue weighted by molar-refractivity contribution is 0.295. The maximum atomic E-state index is 5.71. The molecule has 1 aliphatic heterocycles. The Balaban J connectivity index is 2.43. The fourth-order valence-electron chi connectivity index (χ4n) is 1.85. The third-order valence-electron chi connectivity index (χ3n) is 2.59. The van der Waals surface area contributed by atoms with Crippen LogP contribution in [0.15, 0.2) is 12.1 Å². The second-order valence-corrected chi connectivity index (χ2v) is 3.66. The topological polar surface area (TPSA) is 53.7 Å². The van der Waals surface area contributed by atoms with Crippen LogP contribution in [-0.2, 0) is 6.42 Å². The number of hydrogen-bond donors (Lipinski definition) is 1. The molecular formula is C12H17NO3. The molecule has 2 rings (SSSR count). The Morgan fingerprint density at radius 1 is 1.31 bits per heavy atom. The smallest absolute Gasteiger partial charge is 0.168 e. The Morgan fingerprint density at radius 3 is 2.88 bits per heavy atom. The summed E-state index contributed by atoms with van der Waals surface area (Å²) in [6, 6.07) is 3.79. The van der Waals surface area contributed by atoms with Gasteiger partial charge in [0.05, 0.1) is 20.3 Å². The molecule has 0 atom stereocenters. The summed E-state index contributed by atoms with van der Waals surface area (Å²) >= 11 is 0. The molecule has 0 aromatic heterocycles. The summed E-state index contributed by atoms with van der Waals surface area (Å²) < 4.78 is 16.6. The molecule has 16 heavy (non-hydrogen) atoms. The molecule has 4 nitrogen and oxygen atoms in total. The number of methoxy groups -OCH3 is 1. The van der Waals surface area contributed by atoms with E-state index < -0.39 is 0 Å². The highest BCUT2D eigenvalue weighted by Gasteiger charge is 2.18. The average molecular weight is 223 g/mol. The molecule has 0 radical (unpaired) electrons. The van der Waals surface area contributed by atoms with E-state index >= 15 is 0 Å². The van der Waals surface area contributed by atoms with Gasteiger partial charge in [-0.05, 0) is 25.1 Å². The molecule has 0 spiro atoms. The van der Waals surface area contributed by atoms with E-state index in [1.165, 1.54) is 0 Å². The minimum atomic E-state index is 0.566. The molecule has 1 aromatic carbocycles. The Labute approximate surface area is 95.3 Å². The van der Waals surface area contributed by atoms with E-state index in [0.717, 1.165) is 35.7 Å². The molecule has 0 saturated heterocycles. The summed E-state index contributed by atoms with van der Waals surface area (Å²) in [5, 5.41) is 0. The Kier molecular flexibility index (Phi) is 3.51. The normalized spacial score (nSPS) is 14.4. The number of ether oxygens (including phenoxy) is 3. The van der Waals surface area contributed by atoms with Gasteiger partial charge in [0, 0.05) is 12.0 Å². The van der Waals surface area contributed by atoms with Gasteiger partial charge in [-0.15, -0.1) is 0 Å². The summed E-state index contributed by atoms with van der Waals surface area (Å²) in [4.78, 5) is 0. The van der Waals surface area contributed by atoms with E-state index in [9.17, 15) is 0 Å². The van der Waals surface area contributed by atoms with Crippen molar-refractivity contribution in [2.75, 3.05) is 26.9 Å². The second-order valence-electron chi connectivity index (χ2n) is 3.66. The number of benzene rings is 1. The van der Waals surface area contributed by atoms with Crippen LogP contribution < -0.4 is 19.9 Å². The Morgan fingerprint density at radius 2 is 2.12 bits per heavy atom. The Hall–Kier alpha value is -1.42. The summed E-state index contributed by atoms with van der Waals surface area (Å²) in [6.07, 6.45) is 1.63. The van der Waals surface area contributed by atoms with Crippen molar-refractivity contribution in [3.05, 3.63) is 17.7 Å². The van der Waals surface area contributed by atoms with Gasteiger partial charge in [0.2, 0.25) is 0 Å². The zero-order valence-corrected chi connectivity index (χ0v) is 9.49. The maximum absolute atomic E-state index is 5.71. The van der Waals surface area contributed by atoms with Gasteiger partial charge < -0.3 is 19.9 Å². The summed E-state index contributed by atoms with van der Waals surface area (Å²) in [7, 11) is 1.65. The number of nitrogens with two attached hydrogens (primary N) is 1. The molecule has 2 N–H and O–H groups in total. The molecule has 0 bridgehead atoms. The molecule has 0 aliphatic carbocycles. The monoisotopic (exact) mass is 223 g/mol. The SMILES string of the molecule is COc1ccc2c(c1CCN)OCCCO2. The molecule has 0 saturated carbocycles. The lowest BCUT2D eigenvalue weighted by Gasteiger charge is -2.15. The van der Waals surface area contributed by atoms with Crippen molar-refractivity contribution in [2.24, 2.45) is 5.73 Å². The highest BCUT2D eigenvalue weighted by molar-refractivity contribution is 5.54. The molecule has 0 unspecified atom stereocenters. The summed E-state index contributed by atoms with van der Waals surface area (Å²) in [6.45, 7) is 1.94. The lowest BCUT2D eigenvalue weighted by atomic mass is 10.1. The van der Waals surface area contributed by atoms with Crippen molar-refractivity contribution in [2.45, 2.75) is 12.8 Å². The number of rotatable bonds is 3. The molecule has 1 aromatic rings. The van der Waals surface area contributed by atoms with Crippen LogP contribution in [0.3, 0.4) is 0 Å². The van der Waals surface area contributed by atoms with Gasteiger partial charge in [-0.3, -0.25) is 0 Å². The van der Waals surface area contributed by atoms with Crippen LogP contribution >= 0.6 is 0 Å². The maximum Gasteiger partial charge on any atom is 0.168 e. The van der Waals surface area contributed by atoms with E-state index in [2.05, 4.69) is 0 Å². The van der Waals surface area contributed by atoms with Gasteiger partial charge in [-0.2, -0.15) is 0 Å². The van der Waals surface area contributed by atoms with Crippen molar-refractivity contribution < 1.29 is 14.2 Å². The fourth-order valence-corrected chi connectivity index (χ4v) is 1.85. The zero-order chi connectivity index (χ0) is 11.4. The first-order valence-electron chi connectivity index (χ1n) is 5.52. The van der Waals surface area contributed by atoms with E-state index in [1.54, 1.807) is 7.11 Å². The quantitative estimate of drug-likeness (QED) is 0.840. The first-order chi connectivity index (χ1) is 7.86. The minimum Gasteiger partial charge on any atom is -0.496 e. The van der Waals surface area contributed by atoms with Gasteiger partial charge in [-0.1, -0.05) is 0 Å². The van der Waals surface area contributed by atoms with Crippen LogP contribution in [0.4, 0.5) is 0 Å². The third kappa shape index (κ3) is 2.07. The zero-order valence-electron chi connectivity index (χ0n) is 9.49. The van der Waals surface area contributed by atoms with Crippen LogP contribution in [0.2, 0.25) is 0 Å². The standard InChI is InChI=1S/C12H17NO3/c1-14-10-3-4-11-12(9(10)5-6-13)16-8-2-7-15-11/h3-4H,2,5-8,13H2,1H3. The van der Waals surface area contributed by atoms with Crippen LogP contribution in [0.25, 0.3) is 0 Å². The molecule has 1 heterocycles. The van der Waals surface area contributed by atoms with Gasteiger partial charge >= 0.3 is 0 Å². The van der Waals surface area contributed by atoms with E-state index in [0.29, 0.717) is 19.8 Å². The van der Waals surface area contributed by atoms with Crippen molar-refractivity contribution in [1.29, 1.82) is 0 Å². The first kappa shape index (κ1) is 11.1. The predicted molar refractivity (Wildman–Crippen MR) is 61.4 cm³/mol. The summed E-state index contributed by atoms with van der Waals surface area (Å²) in [5.74, 6) is 2.40. The molecule has 4 heteroatoms. The first-order valence-corrected chi connectivity index (χ1v) is 5.52. The van der Waals surface area contributed by atoms with Crippen molar-refractivity contribution in [1.82, 2.24) is 0 Å². The number of hydrogen-bond acceptors (Lipinski definition) is 4. The second kappa shape index (κ2) is 5.07. The molecule has 0 fully saturated rings. The van der Waals surface area contributed by atoms with Gasteiger partial charge in [0.1, 0.15) is 5.75 Å². The Bertz CT molecular complexity index is 366. The minimum absolute atomic E-state index is 0.566. The van der Waals surface area contributed by atoms with Gasteiger partial charge in [-0.25, -0.2) is 0 Å². The lowest BCUT2D eigenvalue weighted by Crippen LogP contribution is -2.07. The highest BCUT2D eigenvalue weighted by atomic mass is 16.5. The molecule has 88 valence electrons. The average Bonchev–Trinajstić information content (AvgIpc) is 2.55. The largest absolute Gasteiger partial charge is 0.496 e. The molecular weight excluding hydrogens is 206 g/mol. The van der Waals surface area contributed by atoms with E-state index in [4.69, 9.17) is 19.9 Å². The van der Waals surface area contributed by atoms with E-state index in [-0.39, 0.29) is 0 Å². The van der Waals surface area contributed by atoms with Crippen LogP contribution in [0.1, 0.15) is 12.0 Å². The van der Waals surface area contributed by atoms with Crippen LogP contribution in [0.5, 0.6) is 17.2 Å².